The Kier molecular flexibility index (Phi) is 7.08. The molecule has 92 valence electrons. The van der Waals surface area contributed by atoms with E-state index in [0.717, 1.165) is 18.7 Å². The summed E-state index contributed by atoms with van der Waals surface area (Å²) >= 11 is 0. The lowest BCUT2D eigenvalue weighted by molar-refractivity contribution is 0.191. The Hall–Kier alpha value is -1.34. The Morgan fingerprint density at radius 3 is 2.59 bits per heavy atom. The maximum absolute atomic E-state index is 9.01. The van der Waals surface area contributed by atoms with Gasteiger partial charge in [0, 0.05) is 25.2 Å². The highest BCUT2D eigenvalue weighted by molar-refractivity contribution is 5.33. The molecule has 0 unspecified atom stereocenters. The Morgan fingerprint density at radius 2 is 1.88 bits per heavy atom. The van der Waals surface area contributed by atoms with Crippen molar-refractivity contribution in [1.29, 1.82) is 0 Å². The monoisotopic (exact) mass is 232 g/mol. The van der Waals surface area contributed by atoms with E-state index in [1.54, 1.807) is 6.92 Å². The van der Waals surface area contributed by atoms with Crippen LogP contribution in [-0.4, -0.2) is 37.4 Å². The van der Waals surface area contributed by atoms with Gasteiger partial charge in [0.2, 0.25) is 0 Å². The standard InChI is InChI=1S/C14H20N2O/c1-13(17)12-16-11-10-15-9-5-8-14-6-3-2-4-7-14/h2-4,6-7,13,15-17H,9-12H2,1H3/t13-/m1/s1. The van der Waals surface area contributed by atoms with Crippen LogP contribution in [0.4, 0.5) is 0 Å². The van der Waals surface area contributed by atoms with E-state index >= 15 is 0 Å². The van der Waals surface area contributed by atoms with Crippen molar-refractivity contribution in [3.05, 3.63) is 35.9 Å². The summed E-state index contributed by atoms with van der Waals surface area (Å²) in [5.41, 5.74) is 1.04. The maximum Gasteiger partial charge on any atom is 0.0636 e. The minimum absolute atomic E-state index is 0.284. The quantitative estimate of drug-likeness (QED) is 0.497. The topological polar surface area (TPSA) is 44.3 Å². The Bertz CT molecular complexity index is 351. The lowest BCUT2D eigenvalue weighted by Crippen LogP contribution is -2.31. The summed E-state index contributed by atoms with van der Waals surface area (Å²) in [5.74, 6) is 6.14. The molecule has 0 aromatic heterocycles. The van der Waals surface area contributed by atoms with E-state index in [1.807, 2.05) is 30.3 Å². The third-order valence-corrected chi connectivity index (χ3v) is 2.14. The van der Waals surface area contributed by atoms with Crippen LogP contribution in [0.5, 0.6) is 0 Å². The van der Waals surface area contributed by atoms with Gasteiger partial charge >= 0.3 is 0 Å². The van der Waals surface area contributed by atoms with E-state index in [1.165, 1.54) is 0 Å². The largest absolute Gasteiger partial charge is 0.392 e. The van der Waals surface area contributed by atoms with Gasteiger partial charge in [0.05, 0.1) is 12.6 Å². The Morgan fingerprint density at radius 1 is 1.18 bits per heavy atom. The van der Waals surface area contributed by atoms with Crippen molar-refractivity contribution < 1.29 is 5.11 Å². The minimum Gasteiger partial charge on any atom is -0.392 e. The smallest absolute Gasteiger partial charge is 0.0636 e. The Labute approximate surface area is 103 Å². The van der Waals surface area contributed by atoms with Crippen molar-refractivity contribution in [3.63, 3.8) is 0 Å². The molecule has 0 spiro atoms. The minimum atomic E-state index is -0.284. The third-order valence-electron chi connectivity index (χ3n) is 2.14. The first kappa shape index (κ1) is 13.7. The molecule has 0 aliphatic heterocycles. The fourth-order valence-electron chi connectivity index (χ4n) is 1.31. The van der Waals surface area contributed by atoms with E-state index in [0.29, 0.717) is 13.1 Å². The highest BCUT2D eigenvalue weighted by atomic mass is 16.3. The van der Waals surface area contributed by atoms with E-state index in [4.69, 9.17) is 5.11 Å². The molecule has 17 heavy (non-hydrogen) atoms. The molecule has 0 saturated carbocycles. The lowest BCUT2D eigenvalue weighted by atomic mass is 10.2. The number of hydrogen-bond donors (Lipinski definition) is 3. The molecule has 3 heteroatoms. The van der Waals surface area contributed by atoms with Gasteiger partial charge in [0.15, 0.2) is 0 Å². The van der Waals surface area contributed by atoms with Crippen LogP contribution < -0.4 is 10.6 Å². The number of rotatable bonds is 6. The zero-order valence-electron chi connectivity index (χ0n) is 10.2. The zero-order chi connectivity index (χ0) is 12.3. The second kappa shape index (κ2) is 8.77. The van der Waals surface area contributed by atoms with Gasteiger partial charge in [-0.25, -0.2) is 0 Å². The van der Waals surface area contributed by atoms with E-state index in [2.05, 4.69) is 22.5 Å². The van der Waals surface area contributed by atoms with Gasteiger partial charge in [0.1, 0.15) is 0 Å². The fourth-order valence-corrected chi connectivity index (χ4v) is 1.31. The first-order chi connectivity index (χ1) is 8.29. The van der Waals surface area contributed by atoms with E-state index < -0.39 is 0 Å². The molecule has 0 bridgehead atoms. The summed E-state index contributed by atoms with van der Waals surface area (Å²) in [6.07, 6.45) is -0.284. The van der Waals surface area contributed by atoms with Crippen LogP contribution in [0.1, 0.15) is 12.5 Å². The molecule has 0 amide bonds. The number of nitrogens with one attached hydrogen (secondary N) is 2. The van der Waals surface area contributed by atoms with Gasteiger partial charge in [-0.05, 0) is 19.1 Å². The average Bonchev–Trinajstić information content (AvgIpc) is 2.33. The molecular weight excluding hydrogens is 212 g/mol. The molecule has 0 aliphatic carbocycles. The average molecular weight is 232 g/mol. The van der Waals surface area contributed by atoms with Crippen LogP contribution in [0.15, 0.2) is 30.3 Å². The molecule has 1 aromatic carbocycles. The molecule has 0 radical (unpaired) electrons. The van der Waals surface area contributed by atoms with Crippen LogP contribution in [0.25, 0.3) is 0 Å². The van der Waals surface area contributed by atoms with Gasteiger partial charge in [-0.2, -0.15) is 0 Å². The van der Waals surface area contributed by atoms with Crippen molar-refractivity contribution in [2.24, 2.45) is 0 Å². The van der Waals surface area contributed by atoms with Gasteiger partial charge < -0.3 is 15.7 Å². The summed E-state index contributed by atoms with van der Waals surface area (Å²) < 4.78 is 0. The van der Waals surface area contributed by atoms with Crippen LogP contribution >= 0.6 is 0 Å². The molecule has 1 aromatic rings. The van der Waals surface area contributed by atoms with E-state index in [9.17, 15) is 0 Å². The molecule has 1 atom stereocenters. The van der Waals surface area contributed by atoms with Crippen molar-refractivity contribution in [2.45, 2.75) is 13.0 Å². The first-order valence-corrected chi connectivity index (χ1v) is 5.92. The van der Waals surface area contributed by atoms with E-state index in [-0.39, 0.29) is 6.10 Å². The zero-order valence-corrected chi connectivity index (χ0v) is 10.2. The predicted octanol–water partition coefficient (Wildman–Crippen LogP) is 0.598. The van der Waals surface area contributed by atoms with Crippen LogP contribution in [0.3, 0.4) is 0 Å². The van der Waals surface area contributed by atoms with Crippen molar-refractivity contribution in [1.82, 2.24) is 10.6 Å². The molecule has 0 aliphatic rings. The summed E-state index contributed by atoms with van der Waals surface area (Å²) in [5, 5.41) is 15.4. The second-order valence-corrected chi connectivity index (χ2v) is 3.90. The SMILES string of the molecule is C[C@@H](O)CNCCNCC#Cc1ccccc1. The molecule has 0 heterocycles. The van der Waals surface area contributed by atoms with Crippen LogP contribution in [0, 0.1) is 11.8 Å². The van der Waals surface area contributed by atoms with Crippen molar-refractivity contribution >= 4 is 0 Å². The fraction of sp³-hybridized carbons (Fsp3) is 0.429. The maximum atomic E-state index is 9.01. The van der Waals surface area contributed by atoms with Crippen molar-refractivity contribution in [3.8, 4) is 11.8 Å². The van der Waals surface area contributed by atoms with Crippen LogP contribution in [-0.2, 0) is 0 Å². The highest BCUT2D eigenvalue weighted by Gasteiger charge is 1.92. The van der Waals surface area contributed by atoms with Gasteiger partial charge in [0.25, 0.3) is 0 Å². The van der Waals surface area contributed by atoms with Gasteiger partial charge in [-0.3, -0.25) is 0 Å². The molecular formula is C14H20N2O. The summed E-state index contributed by atoms with van der Waals surface area (Å²) in [4.78, 5) is 0. The van der Waals surface area contributed by atoms with Gasteiger partial charge in [-0.15, -0.1) is 0 Å². The highest BCUT2D eigenvalue weighted by Crippen LogP contribution is 1.93. The first-order valence-electron chi connectivity index (χ1n) is 5.92. The van der Waals surface area contributed by atoms with Crippen LogP contribution in [0.2, 0.25) is 0 Å². The molecule has 0 fully saturated rings. The van der Waals surface area contributed by atoms with Crippen molar-refractivity contribution in [2.75, 3.05) is 26.2 Å². The number of benzene rings is 1. The number of hydrogen-bond acceptors (Lipinski definition) is 3. The lowest BCUT2D eigenvalue weighted by Gasteiger charge is -2.06. The molecule has 0 saturated heterocycles. The second-order valence-electron chi connectivity index (χ2n) is 3.90. The summed E-state index contributed by atoms with van der Waals surface area (Å²) in [6, 6.07) is 9.94. The molecule has 1 rings (SSSR count). The molecule has 3 N–H and O–H groups in total. The third kappa shape index (κ3) is 7.53. The Balaban J connectivity index is 2.03. The number of aliphatic hydroxyl groups is 1. The summed E-state index contributed by atoms with van der Waals surface area (Å²) in [6.45, 7) is 4.79. The number of aliphatic hydroxyl groups excluding tert-OH is 1. The normalized spacial score (nSPS) is 11.6. The van der Waals surface area contributed by atoms with Gasteiger partial charge in [-0.1, -0.05) is 30.0 Å². The molecule has 3 nitrogen and oxygen atoms in total. The summed E-state index contributed by atoms with van der Waals surface area (Å²) in [7, 11) is 0. The predicted molar refractivity (Wildman–Crippen MR) is 70.7 cm³/mol.